The van der Waals surface area contributed by atoms with E-state index >= 15 is 0 Å². The molecular formula is C16H14O5S. The first-order chi connectivity index (χ1) is 10.5. The zero-order chi connectivity index (χ0) is 15.7. The van der Waals surface area contributed by atoms with Crippen LogP contribution in [0.5, 0.6) is 5.75 Å². The second kappa shape index (κ2) is 5.46. The largest absolute Gasteiger partial charge is 0.492 e. The van der Waals surface area contributed by atoms with Crippen molar-refractivity contribution in [2.45, 2.75) is 16.2 Å². The van der Waals surface area contributed by atoms with Crippen LogP contribution < -0.4 is 4.74 Å². The van der Waals surface area contributed by atoms with Crippen LogP contribution in [0.2, 0.25) is 0 Å². The molecule has 5 nitrogen and oxygen atoms in total. The number of hydrogen-bond donors (Lipinski definition) is 0. The third-order valence-corrected chi connectivity index (χ3v) is 5.28. The van der Waals surface area contributed by atoms with Gasteiger partial charge in [-0.2, -0.15) is 0 Å². The summed E-state index contributed by atoms with van der Waals surface area (Å²) >= 11 is 0. The fraction of sp³-hybridized carbons (Fsp3) is 0.188. The van der Waals surface area contributed by atoms with Crippen LogP contribution in [0.1, 0.15) is 15.9 Å². The molecule has 1 aliphatic heterocycles. The van der Waals surface area contributed by atoms with Crippen molar-refractivity contribution < 1.29 is 22.7 Å². The summed E-state index contributed by atoms with van der Waals surface area (Å²) < 4.78 is 35.6. The Morgan fingerprint density at radius 1 is 1.14 bits per heavy atom. The van der Waals surface area contributed by atoms with E-state index in [0.717, 1.165) is 0 Å². The molecule has 22 heavy (non-hydrogen) atoms. The Labute approximate surface area is 128 Å². The zero-order valence-electron chi connectivity index (χ0n) is 11.9. The van der Waals surface area contributed by atoms with Crippen LogP contribution in [-0.2, 0) is 21.0 Å². The van der Waals surface area contributed by atoms with E-state index in [2.05, 4.69) is 0 Å². The highest BCUT2D eigenvalue weighted by molar-refractivity contribution is 7.91. The number of rotatable bonds is 3. The van der Waals surface area contributed by atoms with E-state index in [1.807, 2.05) is 0 Å². The Morgan fingerprint density at radius 3 is 2.55 bits per heavy atom. The van der Waals surface area contributed by atoms with E-state index in [-0.39, 0.29) is 15.4 Å². The van der Waals surface area contributed by atoms with Crippen molar-refractivity contribution in [2.75, 3.05) is 13.7 Å². The number of carbonyl (C=O) groups excluding carboxylic acids is 1. The van der Waals surface area contributed by atoms with Gasteiger partial charge in [0.25, 0.3) is 0 Å². The maximum Gasteiger partial charge on any atom is 0.341 e. The van der Waals surface area contributed by atoms with Crippen molar-refractivity contribution >= 4 is 15.8 Å². The van der Waals surface area contributed by atoms with E-state index in [0.29, 0.717) is 24.3 Å². The first-order valence-corrected chi connectivity index (χ1v) is 8.20. The summed E-state index contributed by atoms with van der Waals surface area (Å²) in [6.07, 6.45) is 0.567. The van der Waals surface area contributed by atoms with E-state index in [1.165, 1.54) is 25.3 Å². The van der Waals surface area contributed by atoms with Crippen LogP contribution >= 0.6 is 0 Å². The molecule has 6 heteroatoms. The molecule has 0 N–H and O–H groups in total. The Hall–Kier alpha value is -2.34. The van der Waals surface area contributed by atoms with Crippen LogP contribution in [0.3, 0.4) is 0 Å². The van der Waals surface area contributed by atoms with Crippen LogP contribution in [0, 0.1) is 0 Å². The van der Waals surface area contributed by atoms with Gasteiger partial charge in [0.2, 0.25) is 9.84 Å². The normalized spacial score (nSPS) is 13.3. The molecule has 0 aliphatic carbocycles. The first kappa shape index (κ1) is 14.6. The second-order valence-electron chi connectivity index (χ2n) is 4.87. The molecule has 0 amide bonds. The van der Waals surface area contributed by atoms with Gasteiger partial charge in [-0.15, -0.1) is 0 Å². The topological polar surface area (TPSA) is 69.7 Å². The van der Waals surface area contributed by atoms with E-state index in [4.69, 9.17) is 9.47 Å². The third-order valence-electron chi connectivity index (χ3n) is 3.53. The minimum absolute atomic E-state index is 0.0725. The summed E-state index contributed by atoms with van der Waals surface area (Å²) in [4.78, 5) is 12.1. The molecule has 0 saturated heterocycles. The molecular weight excluding hydrogens is 304 g/mol. The fourth-order valence-corrected chi connectivity index (χ4v) is 3.79. The smallest absolute Gasteiger partial charge is 0.341 e. The number of benzene rings is 2. The van der Waals surface area contributed by atoms with Crippen molar-refractivity contribution in [3.05, 3.63) is 53.6 Å². The number of carbonyl (C=O) groups is 1. The maximum absolute atomic E-state index is 12.7. The van der Waals surface area contributed by atoms with Crippen molar-refractivity contribution in [3.8, 4) is 5.75 Å². The average molecular weight is 318 g/mol. The van der Waals surface area contributed by atoms with E-state index in [1.54, 1.807) is 24.3 Å². The van der Waals surface area contributed by atoms with Gasteiger partial charge in [-0.3, -0.25) is 0 Å². The lowest BCUT2D eigenvalue weighted by Gasteiger charge is -2.10. The number of fused-ring (bicyclic) bond motifs is 1. The molecule has 0 radical (unpaired) electrons. The molecule has 1 heterocycles. The molecule has 0 unspecified atom stereocenters. The molecule has 0 fully saturated rings. The standard InChI is InChI=1S/C16H14O5S/c1-20-16(17)14-10-13(9-11-7-8-21-15(11)14)22(18,19)12-5-3-2-4-6-12/h2-6,9-10H,7-8H2,1H3. The molecule has 0 atom stereocenters. The van der Waals surface area contributed by atoms with E-state index in [9.17, 15) is 13.2 Å². The summed E-state index contributed by atoms with van der Waals surface area (Å²) in [7, 11) is -2.44. The van der Waals surface area contributed by atoms with Crippen molar-refractivity contribution in [3.63, 3.8) is 0 Å². The third kappa shape index (κ3) is 2.35. The number of methoxy groups -OCH3 is 1. The molecule has 0 spiro atoms. The quantitative estimate of drug-likeness (QED) is 0.812. The predicted molar refractivity (Wildman–Crippen MR) is 78.9 cm³/mol. The summed E-state index contributed by atoms with van der Waals surface area (Å²) in [6.45, 7) is 0.425. The summed E-state index contributed by atoms with van der Waals surface area (Å²) in [5.41, 5.74) is 0.851. The molecule has 1 aliphatic rings. The predicted octanol–water partition coefficient (Wildman–Crippen LogP) is 2.24. The molecule has 0 aromatic heterocycles. The van der Waals surface area contributed by atoms with Crippen molar-refractivity contribution in [2.24, 2.45) is 0 Å². The van der Waals surface area contributed by atoms with Crippen LogP contribution in [-0.4, -0.2) is 28.1 Å². The Morgan fingerprint density at radius 2 is 1.86 bits per heavy atom. The number of esters is 1. The summed E-state index contributed by atoms with van der Waals surface area (Å²) in [6, 6.07) is 11.0. The molecule has 114 valence electrons. The summed E-state index contributed by atoms with van der Waals surface area (Å²) in [5.74, 6) is -0.192. The average Bonchev–Trinajstić information content (AvgIpc) is 3.02. The van der Waals surface area contributed by atoms with E-state index < -0.39 is 15.8 Å². The van der Waals surface area contributed by atoms with Gasteiger partial charge < -0.3 is 9.47 Å². The molecule has 3 rings (SSSR count). The van der Waals surface area contributed by atoms with Gasteiger partial charge in [-0.1, -0.05) is 18.2 Å². The maximum atomic E-state index is 12.7. The van der Waals surface area contributed by atoms with Gasteiger partial charge in [0.05, 0.1) is 23.5 Å². The fourth-order valence-electron chi connectivity index (χ4n) is 2.43. The Kier molecular flexibility index (Phi) is 3.62. The molecule has 0 saturated carbocycles. The SMILES string of the molecule is COC(=O)c1cc(S(=O)(=O)c2ccccc2)cc2c1OCC2. The lowest BCUT2D eigenvalue weighted by molar-refractivity contribution is 0.0596. The van der Waals surface area contributed by atoms with Gasteiger partial charge in [-0.25, -0.2) is 13.2 Å². The molecule has 2 aromatic rings. The Balaban J connectivity index is 2.19. The van der Waals surface area contributed by atoms with Gasteiger partial charge in [0.15, 0.2) is 0 Å². The van der Waals surface area contributed by atoms with Crippen molar-refractivity contribution in [1.29, 1.82) is 0 Å². The van der Waals surface area contributed by atoms with Gasteiger partial charge >= 0.3 is 5.97 Å². The summed E-state index contributed by atoms with van der Waals surface area (Å²) in [5, 5.41) is 0. The minimum atomic E-state index is -3.69. The molecule has 2 aromatic carbocycles. The Bertz CT molecular complexity index is 825. The van der Waals surface area contributed by atoms with Gasteiger partial charge in [0.1, 0.15) is 11.3 Å². The zero-order valence-corrected chi connectivity index (χ0v) is 12.7. The number of ether oxygens (including phenoxy) is 2. The monoisotopic (exact) mass is 318 g/mol. The van der Waals surface area contributed by atoms with Crippen LogP contribution in [0.25, 0.3) is 0 Å². The van der Waals surface area contributed by atoms with Crippen LogP contribution in [0.15, 0.2) is 52.3 Å². The second-order valence-corrected chi connectivity index (χ2v) is 6.82. The molecule has 0 bridgehead atoms. The lowest BCUT2D eigenvalue weighted by Crippen LogP contribution is -2.08. The highest BCUT2D eigenvalue weighted by Crippen LogP contribution is 2.34. The van der Waals surface area contributed by atoms with Gasteiger partial charge in [0, 0.05) is 6.42 Å². The minimum Gasteiger partial charge on any atom is -0.492 e. The van der Waals surface area contributed by atoms with Crippen molar-refractivity contribution in [1.82, 2.24) is 0 Å². The van der Waals surface area contributed by atoms with Gasteiger partial charge in [-0.05, 0) is 29.8 Å². The van der Waals surface area contributed by atoms with Crippen LogP contribution in [0.4, 0.5) is 0 Å². The highest BCUT2D eigenvalue weighted by atomic mass is 32.2. The number of hydrogen-bond acceptors (Lipinski definition) is 5. The lowest BCUT2D eigenvalue weighted by atomic mass is 10.1. The highest BCUT2D eigenvalue weighted by Gasteiger charge is 2.27. The first-order valence-electron chi connectivity index (χ1n) is 6.72. The number of sulfone groups is 1.